The number of nitrogens with one attached hydrogen (secondary N) is 2. The Bertz CT molecular complexity index is 585. The van der Waals surface area contributed by atoms with Crippen LogP contribution < -0.4 is 10.6 Å². The zero-order chi connectivity index (χ0) is 18.9. The highest BCUT2D eigenvalue weighted by Crippen LogP contribution is 2.20. The molecule has 0 aliphatic carbocycles. The monoisotopic (exact) mass is 364 g/mol. The Hall–Kier alpha value is -1.69. The molecule has 1 rings (SSSR count). The van der Waals surface area contributed by atoms with E-state index in [0.29, 0.717) is 0 Å². The van der Waals surface area contributed by atoms with Crippen molar-refractivity contribution >= 4 is 23.6 Å². The number of rotatable bonds is 8. The third kappa shape index (κ3) is 7.82. The maximum atomic E-state index is 12.1. The summed E-state index contributed by atoms with van der Waals surface area (Å²) in [5.74, 6) is 0.870. The summed E-state index contributed by atoms with van der Waals surface area (Å²) in [6.07, 6.45) is 2.95. The van der Waals surface area contributed by atoms with Gasteiger partial charge < -0.3 is 15.5 Å². The first-order chi connectivity index (χ1) is 11.8. The van der Waals surface area contributed by atoms with Gasteiger partial charge in [0.05, 0.1) is 6.54 Å². The Balaban J connectivity index is 2.63. The van der Waals surface area contributed by atoms with Crippen LogP contribution in [0.2, 0.25) is 0 Å². The van der Waals surface area contributed by atoms with Crippen LogP contribution in [0, 0.1) is 0 Å². The third-order valence-corrected chi connectivity index (χ3v) is 5.04. The van der Waals surface area contributed by atoms with E-state index in [0.717, 1.165) is 43.1 Å². The van der Waals surface area contributed by atoms with Crippen molar-refractivity contribution in [3.05, 3.63) is 35.4 Å². The molecule has 25 heavy (non-hydrogen) atoms. The van der Waals surface area contributed by atoms with Crippen molar-refractivity contribution < 1.29 is 4.79 Å². The van der Waals surface area contributed by atoms with Crippen molar-refractivity contribution in [2.24, 2.45) is 4.99 Å². The lowest BCUT2D eigenvalue weighted by Crippen LogP contribution is -2.39. The predicted octanol–water partition coefficient (Wildman–Crippen LogP) is 2.63. The Morgan fingerprint density at radius 3 is 2.60 bits per heavy atom. The van der Waals surface area contributed by atoms with Crippen LogP contribution >= 0.6 is 11.8 Å². The largest absolute Gasteiger partial charge is 0.357 e. The lowest BCUT2D eigenvalue weighted by Gasteiger charge is -2.20. The second-order valence-corrected chi connectivity index (χ2v) is 8.25. The minimum atomic E-state index is 0.0315. The van der Waals surface area contributed by atoms with Gasteiger partial charge in [-0.25, -0.2) is 0 Å². The van der Waals surface area contributed by atoms with Gasteiger partial charge in [0.1, 0.15) is 0 Å². The van der Waals surface area contributed by atoms with Gasteiger partial charge in [0, 0.05) is 37.5 Å². The zero-order valence-corrected chi connectivity index (χ0v) is 17.2. The Morgan fingerprint density at radius 2 is 2.00 bits per heavy atom. The van der Waals surface area contributed by atoms with Crippen molar-refractivity contribution in [3.8, 4) is 0 Å². The number of nitrogens with zero attached hydrogens (tertiary/aromatic N) is 2. The van der Waals surface area contributed by atoms with Gasteiger partial charge in [-0.05, 0) is 51.1 Å². The second-order valence-electron chi connectivity index (χ2n) is 6.74. The van der Waals surface area contributed by atoms with Crippen molar-refractivity contribution in [2.75, 3.05) is 40.0 Å². The number of amides is 1. The summed E-state index contributed by atoms with van der Waals surface area (Å²) in [4.78, 5) is 18.3. The molecule has 0 bridgehead atoms. The first kappa shape index (κ1) is 21.4. The molecular weight excluding hydrogens is 332 g/mol. The number of aliphatic imine (C=N–C) groups is 1. The molecule has 0 aliphatic rings. The standard InChI is InChI=1S/C19H32N4OS/c1-7-20-18(22-14-19(2,3)25-6)21-12-11-15-9-8-10-16(13-15)17(24)23(4)5/h8-10,13H,7,11-12,14H2,1-6H3,(H2,20,21,22). The number of carbonyl (C=O) groups is 1. The van der Waals surface area contributed by atoms with E-state index in [4.69, 9.17) is 0 Å². The van der Waals surface area contributed by atoms with Crippen LogP contribution in [0.25, 0.3) is 0 Å². The highest BCUT2D eigenvalue weighted by atomic mass is 32.2. The molecular formula is C19H32N4OS. The van der Waals surface area contributed by atoms with Gasteiger partial charge in [-0.15, -0.1) is 0 Å². The summed E-state index contributed by atoms with van der Waals surface area (Å²) in [5.41, 5.74) is 1.87. The number of thioether (sulfide) groups is 1. The summed E-state index contributed by atoms with van der Waals surface area (Å²) in [6.45, 7) is 8.81. The molecule has 2 N–H and O–H groups in total. The molecule has 140 valence electrons. The van der Waals surface area contributed by atoms with E-state index in [2.05, 4.69) is 48.7 Å². The zero-order valence-electron chi connectivity index (χ0n) is 16.3. The van der Waals surface area contributed by atoms with E-state index < -0.39 is 0 Å². The maximum Gasteiger partial charge on any atom is 0.253 e. The van der Waals surface area contributed by atoms with Gasteiger partial charge in [-0.1, -0.05) is 12.1 Å². The molecule has 5 nitrogen and oxygen atoms in total. The molecule has 0 unspecified atom stereocenters. The van der Waals surface area contributed by atoms with Gasteiger partial charge >= 0.3 is 0 Å². The average molecular weight is 365 g/mol. The minimum absolute atomic E-state index is 0.0315. The van der Waals surface area contributed by atoms with Crippen molar-refractivity contribution in [3.63, 3.8) is 0 Å². The van der Waals surface area contributed by atoms with E-state index in [9.17, 15) is 4.79 Å². The van der Waals surface area contributed by atoms with Crippen molar-refractivity contribution in [1.29, 1.82) is 0 Å². The Kier molecular flexibility index (Phi) is 8.83. The molecule has 1 aromatic rings. The SMILES string of the molecule is CCNC(=NCC(C)(C)SC)NCCc1cccc(C(=O)N(C)C)c1. The summed E-state index contributed by atoms with van der Waals surface area (Å²) in [6, 6.07) is 7.81. The summed E-state index contributed by atoms with van der Waals surface area (Å²) >= 11 is 1.82. The molecule has 0 aromatic heterocycles. The van der Waals surface area contributed by atoms with Gasteiger partial charge in [0.15, 0.2) is 5.96 Å². The topological polar surface area (TPSA) is 56.7 Å². The van der Waals surface area contributed by atoms with Gasteiger partial charge in [0.2, 0.25) is 0 Å². The first-order valence-corrected chi connectivity index (χ1v) is 9.89. The smallest absolute Gasteiger partial charge is 0.253 e. The van der Waals surface area contributed by atoms with E-state index in [1.165, 1.54) is 0 Å². The normalized spacial score (nSPS) is 12.0. The molecule has 0 aliphatic heterocycles. The van der Waals surface area contributed by atoms with Crippen molar-refractivity contribution in [1.82, 2.24) is 15.5 Å². The molecule has 0 atom stereocenters. The molecule has 0 saturated heterocycles. The third-order valence-electron chi connectivity index (χ3n) is 3.80. The fourth-order valence-electron chi connectivity index (χ4n) is 2.12. The summed E-state index contributed by atoms with van der Waals surface area (Å²) < 4.78 is 0.128. The number of guanidine groups is 1. The van der Waals surface area contributed by atoms with E-state index in [1.54, 1.807) is 19.0 Å². The van der Waals surface area contributed by atoms with Crippen LogP contribution in [-0.4, -0.2) is 61.5 Å². The van der Waals surface area contributed by atoms with E-state index >= 15 is 0 Å². The predicted molar refractivity (Wildman–Crippen MR) is 110 cm³/mol. The maximum absolute atomic E-state index is 12.1. The van der Waals surface area contributed by atoms with Crippen LogP contribution in [0.1, 0.15) is 36.7 Å². The van der Waals surface area contributed by atoms with Gasteiger partial charge in [0.25, 0.3) is 5.91 Å². The fourth-order valence-corrected chi connectivity index (χ4v) is 2.31. The van der Waals surface area contributed by atoms with Crippen LogP contribution in [0.15, 0.2) is 29.3 Å². The average Bonchev–Trinajstić information content (AvgIpc) is 2.59. The number of benzene rings is 1. The molecule has 0 saturated carbocycles. The van der Waals surface area contributed by atoms with Crippen LogP contribution in [0.5, 0.6) is 0 Å². The summed E-state index contributed by atoms with van der Waals surface area (Å²) in [7, 11) is 3.54. The number of carbonyl (C=O) groups excluding carboxylic acids is 1. The highest BCUT2D eigenvalue weighted by Gasteiger charge is 2.15. The molecule has 0 spiro atoms. The molecule has 1 amide bonds. The quantitative estimate of drug-likeness (QED) is 0.550. The number of hydrogen-bond donors (Lipinski definition) is 2. The molecule has 6 heteroatoms. The lowest BCUT2D eigenvalue weighted by atomic mass is 10.1. The Morgan fingerprint density at radius 1 is 1.28 bits per heavy atom. The van der Waals surface area contributed by atoms with Gasteiger partial charge in [-0.2, -0.15) is 11.8 Å². The minimum Gasteiger partial charge on any atom is -0.357 e. The first-order valence-electron chi connectivity index (χ1n) is 8.67. The van der Waals surface area contributed by atoms with E-state index in [1.807, 2.05) is 30.0 Å². The van der Waals surface area contributed by atoms with Crippen molar-refractivity contribution in [2.45, 2.75) is 31.9 Å². The fraction of sp³-hybridized carbons (Fsp3) is 0.579. The van der Waals surface area contributed by atoms with Gasteiger partial charge in [-0.3, -0.25) is 9.79 Å². The van der Waals surface area contributed by atoms with Crippen LogP contribution in [0.4, 0.5) is 0 Å². The molecule has 1 aromatic carbocycles. The Labute approximate surface area is 156 Å². The summed E-state index contributed by atoms with van der Waals surface area (Å²) in [5, 5.41) is 6.65. The molecule has 0 fully saturated rings. The highest BCUT2D eigenvalue weighted by molar-refractivity contribution is 7.99. The lowest BCUT2D eigenvalue weighted by molar-refractivity contribution is 0.0827. The number of hydrogen-bond acceptors (Lipinski definition) is 3. The molecule has 0 heterocycles. The van der Waals surface area contributed by atoms with Crippen LogP contribution in [-0.2, 0) is 6.42 Å². The van der Waals surface area contributed by atoms with Crippen LogP contribution in [0.3, 0.4) is 0 Å². The molecule has 0 radical (unpaired) electrons. The van der Waals surface area contributed by atoms with E-state index in [-0.39, 0.29) is 10.7 Å². The second kappa shape index (κ2) is 10.3.